The van der Waals surface area contributed by atoms with Gasteiger partial charge in [0.25, 0.3) is 0 Å². The number of rotatable bonds is 3. The molecule has 0 bridgehead atoms. The minimum atomic E-state index is -0.0989. The predicted molar refractivity (Wildman–Crippen MR) is 88.6 cm³/mol. The highest BCUT2D eigenvalue weighted by Gasteiger charge is 2.22. The van der Waals surface area contributed by atoms with Gasteiger partial charge in [-0.2, -0.15) is 5.10 Å². The molecule has 2 heterocycles. The van der Waals surface area contributed by atoms with Crippen LogP contribution in [0.15, 0.2) is 48.8 Å². The lowest BCUT2D eigenvalue weighted by atomic mass is 10.1. The Morgan fingerprint density at radius 3 is 3.17 bits per heavy atom. The van der Waals surface area contributed by atoms with E-state index in [9.17, 15) is 4.79 Å². The summed E-state index contributed by atoms with van der Waals surface area (Å²) in [6.07, 6.45) is 8.69. The molecular weight excluding hydrogens is 288 g/mol. The number of H-pyrrole nitrogens is 1. The Kier molecular flexibility index (Phi) is 3.38. The average molecular weight is 304 g/mol. The Morgan fingerprint density at radius 1 is 1.30 bits per heavy atom. The summed E-state index contributed by atoms with van der Waals surface area (Å²) < 4.78 is 0. The van der Waals surface area contributed by atoms with Crippen LogP contribution in [0.2, 0.25) is 0 Å². The lowest BCUT2D eigenvalue weighted by molar-refractivity contribution is -0.117. The summed E-state index contributed by atoms with van der Waals surface area (Å²) >= 11 is 0. The topological polar surface area (TPSA) is 70.7 Å². The number of aromatic amines is 1. The molecule has 5 nitrogen and oxygen atoms in total. The monoisotopic (exact) mass is 304 g/mol. The number of pyridine rings is 1. The van der Waals surface area contributed by atoms with E-state index in [1.807, 2.05) is 18.2 Å². The Balaban J connectivity index is 1.46. The predicted octanol–water partition coefficient (Wildman–Crippen LogP) is 2.77. The van der Waals surface area contributed by atoms with E-state index in [-0.39, 0.29) is 11.9 Å². The number of fused-ring (bicyclic) bond motifs is 2. The van der Waals surface area contributed by atoms with Crippen LogP contribution in [0.1, 0.15) is 29.3 Å². The molecule has 0 radical (unpaired) electrons. The number of aromatic nitrogens is 3. The molecule has 4 rings (SSSR count). The molecular formula is C18H16N4O. The van der Waals surface area contributed by atoms with Gasteiger partial charge < -0.3 is 5.32 Å². The number of hydrogen-bond acceptors (Lipinski definition) is 3. The molecule has 0 saturated heterocycles. The average Bonchev–Trinajstić information content (AvgIpc) is 3.20. The van der Waals surface area contributed by atoms with Crippen LogP contribution in [-0.2, 0) is 11.2 Å². The minimum absolute atomic E-state index is 0.0989. The molecule has 0 spiro atoms. The van der Waals surface area contributed by atoms with Crippen molar-refractivity contribution in [3.63, 3.8) is 0 Å². The fraction of sp³-hybridized carbons (Fsp3) is 0.167. The van der Waals surface area contributed by atoms with Crippen LogP contribution in [0, 0.1) is 0 Å². The first kappa shape index (κ1) is 13.7. The van der Waals surface area contributed by atoms with Crippen LogP contribution in [-0.4, -0.2) is 21.1 Å². The van der Waals surface area contributed by atoms with E-state index in [0.717, 1.165) is 29.4 Å². The Bertz CT molecular complexity index is 897. The molecule has 114 valence electrons. The van der Waals surface area contributed by atoms with Crippen LogP contribution in [0.25, 0.3) is 17.0 Å². The summed E-state index contributed by atoms with van der Waals surface area (Å²) in [5.41, 5.74) is 4.19. The molecule has 2 aromatic heterocycles. The van der Waals surface area contributed by atoms with Crippen LogP contribution in [0.4, 0.5) is 0 Å². The highest BCUT2D eigenvalue weighted by atomic mass is 16.1. The van der Waals surface area contributed by atoms with Gasteiger partial charge in [-0.1, -0.05) is 24.3 Å². The molecule has 0 aliphatic heterocycles. The second-order valence-electron chi connectivity index (χ2n) is 5.70. The van der Waals surface area contributed by atoms with Crippen LogP contribution < -0.4 is 5.32 Å². The lowest BCUT2D eigenvalue weighted by Crippen LogP contribution is -2.25. The SMILES string of the molecule is O=C(/C=C/c1cc2[nH]ncc2cn1)NC1CCc2ccccc21. The van der Waals surface area contributed by atoms with Crippen LogP contribution in [0.5, 0.6) is 0 Å². The maximum atomic E-state index is 12.1. The lowest BCUT2D eigenvalue weighted by Gasteiger charge is -2.12. The highest BCUT2D eigenvalue weighted by molar-refractivity contribution is 5.92. The maximum Gasteiger partial charge on any atom is 0.244 e. The summed E-state index contributed by atoms with van der Waals surface area (Å²) in [5, 5.41) is 10.9. The number of benzene rings is 1. The Labute approximate surface area is 133 Å². The van der Waals surface area contributed by atoms with Gasteiger partial charge >= 0.3 is 0 Å². The molecule has 1 aliphatic rings. The quantitative estimate of drug-likeness (QED) is 0.731. The van der Waals surface area contributed by atoms with E-state index < -0.39 is 0 Å². The summed E-state index contributed by atoms with van der Waals surface area (Å²) in [6, 6.07) is 10.2. The highest BCUT2D eigenvalue weighted by Crippen LogP contribution is 2.30. The maximum absolute atomic E-state index is 12.1. The number of carbonyl (C=O) groups is 1. The van der Waals surface area contributed by atoms with E-state index in [2.05, 4.69) is 32.6 Å². The summed E-state index contributed by atoms with van der Waals surface area (Å²) in [7, 11) is 0. The first-order chi connectivity index (χ1) is 11.3. The molecule has 5 heteroatoms. The zero-order chi connectivity index (χ0) is 15.6. The van der Waals surface area contributed by atoms with Gasteiger partial charge in [0.1, 0.15) is 0 Å². The van der Waals surface area contributed by atoms with Crippen molar-refractivity contribution in [1.29, 1.82) is 0 Å². The second kappa shape index (κ2) is 5.68. The number of amides is 1. The van der Waals surface area contributed by atoms with Crippen molar-refractivity contribution in [3.05, 3.63) is 65.6 Å². The van der Waals surface area contributed by atoms with Crippen molar-refractivity contribution in [3.8, 4) is 0 Å². The van der Waals surface area contributed by atoms with Gasteiger partial charge in [0, 0.05) is 17.7 Å². The Hall–Kier alpha value is -2.95. The molecule has 0 saturated carbocycles. The first-order valence-corrected chi connectivity index (χ1v) is 7.65. The van der Waals surface area contributed by atoms with E-state index in [0.29, 0.717) is 0 Å². The zero-order valence-electron chi connectivity index (χ0n) is 12.5. The molecule has 3 aromatic rings. The van der Waals surface area contributed by atoms with E-state index >= 15 is 0 Å². The van der Waals surface area contributed by atoms with Gasteiger partial charge in [-0.25, -0.2) is 0 Å². The molecule has 1 atom stereocenters. The standard InChI is InChI=1S/C18H16N4O/c23-18(21-16-7-5-12-3-1-2-4-15(12)16)8-6-14-9-17-13(10-19-14)11-20-22-17/h1-4,6,8-11,16H,5,7H2,(H,20,22)(H,21,23)/b8-6+. The summed E-state index contributed by atoms with van der Waals surface area (Å²) in [4.78, 5) is 16.4. The van der Waals surface area contributed by atoms with E-state index in [4.69, 9.17) is 0 Å². The van der Waals surface area contributed by atoms with Crippen molar-refractivity contribution >= 4 is 22.9 Å². The third-order valence-electron chi connectivity index (χ3n) is 4.20. The van der Waals surface area contributed by atoms with Gasteiger partial charge in [0.05, 0.1) is 23.4 Å². The molecule has 0 fully saturated rings. The molecule has 2 N–H and O–H groups in total. The van der Waals surface area contributed by atoms with Crippen LogP contribution >= 0.6 is 0 Å². The van der Waals surface area contributed by atoms with E-state index in [1.54, 1.807) is 18.5 Å². The van der Waals surface area contributed by atoms with Crippen molar-refractivity contribution in [1.82, 2.24) is 20.5 Å². The molecule has 1 aliphatic carbocycles. The smallest absolute Gasteiger partial charge is 0.244 e. The van der Waals surface area contributed by atoms with Gasteiger partial charge in [0.2, 0.25) is 5.91 Å². The zero-order valence-corrected chi connectivity index (χ0v) is 12.5. The van der Waals surface area contributed by atoms with Crippen molar-refractivity contribution in [2.45, 2.75) is 18.9 Å². The molecule has 1 unspecified atom stereocenters. The minimum Gasteiger partial charge on any atom is -0.346 e. The Morgan fingerprint density at radius 2 is 2.22 bits per heavy atom. The number of aryl methyl sites for hydroxylation is 1. The van der Waals surface area contributed by atoms with E-state index in [1.165, 1.54) is 17.2 Å². The fourth-order valence-electron chi connectivity index (χ4n) is 3.03. The third-order valence-corrected chi connectivity index (χ3v) is 4.20. The van der Waals surface area contributed by atoms with Crippen molar-refractivity contribution < 1.29 is 4.79 Å². The summed E-state index contributed by atoms with van der Waals surface area (Å²) in [5.74, 6) is -0.0989. The summed E-state index contributed by atoms with van der Waals surface area (Å²) in [6.45, 7) is 0. The largest absolute Gasteiger partial charge is 0.346 e. The molecule has 1 aromatic carbocycles. The number of nitrogens with zero attached hydrogens (tertiary/aromatic N) is 2. The normalized spacial score (nSPS) is 16.8. The number of hydrogen-bond donors (Lipinski definition) is 2. The molecule has 23 heavy (non-hydrogen) atoms. The van der Waals surface area contributed by atoms with Gasteiger partial charge in [0.15, 0.2) is 0 Å². The first-order valence-electron chi connectivity index (χ1n) is 7.65. The number of carbonyl (C=O) groups excluding carboxylic acids is 1. The molecule has 1 amide bonds. The van der Waals surface area contributed by atoms with Gasteiger partial charge in [-0.3, -0.25) is 14.9 Å². The van der Waals surface area contributed by atoms with Crippen molar-refractivity contribution in [2.24, 2.45) is 0 Å². The third kappa shape index (κ3) is 2.73. The fourth-order valence-corrected chi connectivity index (χ4v) is 3.03. The van der Waals surface area contributed by atoms with Gasteiger partial charge in [-0.05, 0) is 36.1 Å². The second-order valence-corrected chi connectivity index (χ2v) is 5.70. The number of nitrogens with one attached hydrogen (secondary N) is 2. The van der Waals surface area contributed by atoms with Crippen LogP contribution in [0.3, 0.4) is 0 Å². The van der Waals surface area contributed by atoms with Crippen molar-refractivity contribution in [2.75, 3.05) is 0 Å². The van der Waals surface area contributed by atoms with Gasteiger partial charge in [-0.15, -0.1) is 0 Å².